The third-order valence-electron chi connectivity index (χ3n) is 7.14. The molecule has 4 atom stereocenters. The van der Waals surface area contributed by atoms with Crippen LogP contribution in [0.15, 0.2) is 12.7 Å². The molecule has 2 aromatic heterocycles. The van der Waals surface area contributed by atoms with Gasteiger partial charge in [-0.2, -0.15) is 0 Å². The molecule has 0 aliphatic carbocycles. The molecular formula is C26H44N5O8P. The van der Waals surface area contributed by atoms with Crippen molar-refractivity contribution in [3.05, 3.63) is 12.7 Å². The van der Waals surface area contributed by atoms with E-state index in [1.165, 1.54) is 81.4 Å². The van der Waals surface area contributed by atoms with Crippen molar-refractivity contribution in [1.29, 1.82) is 0 Å². The number of nitrogens with zero attached hydrogens (tertiary/aromatic N) is 4. The van der Waals surface area contributed by atoms with E-state index < -0.39 is 39.0 Å². The molecule has 1 saturated heterocycles. The number of aliphatic hydroxyl groups excluding tert-OH is 2. The van der Waals surface area contributed by atoms with Crippen LogP contribution in [-0.2, 0) is 18.6 Å². The van der Waals surface area contributed by atoms with E-state index in [0.717, 1.165) is 19.3 Å². The fourth-order valence-electron chi connectivity index (χ4n) is 4.89. The Morgan fingerprint density at radius 3 is 2.15 bits per heavy atom. The molecular weight excluding hydrogens is 541 g/mol. The second-order valence-electron chi connectivity index (χ2n) is 10.4. The lowest BCUT2D eigenvalue weighted by molar-refractivity contribution is -0.116. The molecule has 14 heteroatoms. The molecule has 0 radical (unpaired) electrons. The first-order valence-electron chi connectivity index (χ1n) is 14.4. The number of ether oxygens (including phenoxy) is 1. The maximum Gasteiger partial charge on any atom is 0.469 e. The SMILES string of the molecule is CCCCCCCCCCCCCCCC(=O)Nc1ncnc2c1ncn2[C@@H]1O[C@H](COP(=O)(O)O)[C@@H](O)[C@H]1O. The van der Waals surface area contributed by atoms with Gasteiger partial charge in [-0.25, -0.2) is 19.5 Å². The van der Waals surface area contributed by atoms with E-state index in [0.29, 0.717) is 6.42 Å². The van der Waals surface area contributed by atoms with Crippen LogP contribution in [0.5, 0.6) is 0 Å². The van der Waals surface area contributed by atoms with Crippen molar-refractivity contribution in [3.8, 4) is 0 Å². The number of carbonyl (C=O) groups excluding carboxylic acids is 1. The zero-order valence-corrected chi connectivity index (χ0v) is 24.1. The monoisotopic (exact) mass is 585 g/mol. The highest BCUT2D eigenvalue weighted by atomic mass is 31.2. The molecule has 3 rings (SSSR count). The molecule has 1 aliphatic rings. The topological polar surface area (TPSA) is 189 Å². The summed E-state index contributed by atoms with van der Waals surface area (Å²) in [6, 6.07) is 0. The quantitative estimate of drug-likeness (QED) is 0.118. The van der Waals surface area contributed by atoms with Crippen LogP contribution in [0.4, 0.5) is 5.82 Å². The molecule has 5 N–H and O–H groups in total. The van der Waals surface area contributed by atoms with Gasteiger partial charge < -0.3 is 30.1 Å². The van der Waals surface area contributed by atoms with E-state index in [-0.39, 0.29) is 22.9 Å². The van der Waals surface area contributed by atoms with Crippen molar-refractivity contribution in [2.45, 2.75) is 121 Å². The third-order valence-corrected chi connectivity index (χ3v) is 7.63. The normalized spacial score (nSPS) is 21.3. The Balaban J connectivity index is 1.40. The fraction of sp³-hybridized carbons (Fsp3) is 0.769. The lowest BCUT2D eigenvalue weighted by Gasteiger charge is -2.16. The minimum absolute atomic E-state index is 0.181. The van der Waals surface area contributed by atoms with Gasteiger partial charge >= 0.3 is 7.82 Å². The van der Waals surface area contributed by atoms with E-state index in [1.54, 1.807) is 0 Å². The molecule has 1 fully saturated rings. The van der Waals surface area contributed by atoms with Gasteiger partial charge in [0.25, 0.3) is 0 Å². The van der Waals surface area contributed by atoms with E-state index in [9.17, 15) is 19.6 Å². The Kier molecular flexibility index (Phi) is 13.4. The first kappa shape index (κ1) is 32.5. The van der Waals surface area contributed by atoms with Crippen LogP contribution in [0.25, 0.3) is 11.2 Å². The summed E-state index contributed by atoms with van der Waals surface area (Å²) < 4.78 is 22.3. The van der Waals surface area contributed by atoms with Gasteiger partial charge in [0, 0.05) is 6.42 Å². The second kappa shape index (κ2) is 16.5. The number of nitrogens with one attached hydrogen (secondary N) is 1. The molecule has 0 spiro atoms. The summed E-state index contributed by atoms with van der Waals surface area (Å²) in [6.45, 7) is 1.62. The number of amides is 1. The minimum Gasteiger partial charge on any atom is -0.387 e. The van der Waals surface area contributed by atoms with Gasteiger partial charge in [-0.1, -0.05) is 84.0 Å². The summed E-state index contributed by atoms with van der Waals surface area (Å²) >= 11 is 0. The second-order valence-corrected chi connectivity index (χ2v) is 11.7. The average Bonchev–Trinajstić information content (AvgIpc) is 3.46. The first-order valence-corrected chi connectivity index (χ1v) is 15.9. The molecule has 40 heavy (non-hydrogen) atoms. The Morgan fingerprint density at radius 2 is 1.55 bits per heavy atom. The number of hydrogen-bond acceptors (Lipinski definition) is 9. The Labute approximate surface area is 235 Å². The lowest BCUT2D eigenvalue weighted by Crippen LogP contribution is -2.33. The van der Waals surface area contributed by atoms with E-state index in [2.05, 4.69) is 31.7 Å². The maximum atomic E-state index is 12.5. The Hall–Kier alpha value is -1.99. The minimum atomic E-state index is -4.78. The van der Waals surface area contributed by atoms with Gasteiger partial charge in [0.15, 0.2) is 23.2 Å². The van der Waals surface area contributed by atoms with E-state index in [4.69, 9.17) is 14.5 Å². The van der Waals surface area contributed by atoms with Crippen molar-refractivity contribution in [2.24, 2.45) is 0 Å². The molecule has 0 saturated carbocycles. The number of imidazole rings is 1. The Bertz CT molecular complexity index is 1100. The number of anilines is 1. The lowest BCUT2D eigenvalue weighted by atomic mass is 10.0. The number of phosphoric acid groups is 1. The van der Waals surface area contributed by atoms with Crippen molar-refractivity contribution in [1.82, 2.24) is 19.5 Å². The molecule has 0 aromatic carbocycles. The summed E-state index contributed by atoms with van der Waals surface area (Å²) in [7, 11) is -4.78. The number of fused-ring (bicyclic) bond motifs is 1. The van der Waals surface area contributed by atoms with Crippen LogP contribution in [0.2, 0.25) is 0 Å². The summed E-state index contributed by atoms with van der Waals surface area (Å²) in [4.78, 5) is 42.9. The molecule has 1 aliphatic heterocycles. The predicted octanol–water partition coefficient (Wildman–Crippen LogP) is 3.97. The average molecular weight is 586 g/mol. The largest absolute Gasteiger partial charge is 0.469 e. The number of phosphoric ester groups is 1. The standard InChI is InChI=1S/C26H44N5O8P/c1-2-3-4-5-6-7-8-9-10-11-12-13-14-15-20(32)30-24-21-25(28-17-27-24)31(18-29-21)26-23(34)22(33)19(39-26)16-38-40(35,36)37/h17-19,22-23,26,33-34H,2-16H2,1H3,(H2,35,36,37)(H,27,28,30,32)/t19-,22-,23-,26-/m1/s1. The summed E-state index contributed by atoms with van der Waals surface area (Å²) in [5.74, 6) is 0.0395. The molecule has 0 unspecified atom stereocenters. The van der Waals surface area contributed by atoms with Gasteiger partial charge in [-0.05, 0) is 6.42 Å². The number of unbranched alkanes of at least 4 members (excludes halogenated alkanes) is 12. The Morgan fingerprint density at radius 1 is 0.950 bits per heavy atom. The maximum absolute atomic E-state index is 12.5. The molecule has 13 nitrogen and oxygen atoms in total. The zero-order chi connectivity index (χ0) is 29.0. The number of aliphatic hydroxyl groups is 2. The van der Waals surface area contributed by atoms with Crippen LogP contribution in [-0.4, -0.2) is 70.3 Å². The number of rotatable bonds is 19. The van der Waals surface area contributed by atoms with Crippen molar-refractivity contribution in [2.75, 3.05) is 11.9 Å². The van der Waals surface area contributed by atoms with Gasteiger partial charge in [-0.3, -0.25) is 13.9 Å². The molecule has 0 bridgehead atoms. The van der Waals surface area contributed by atoms with Crippen LogP contribution in [0.1, 0.15) is 103 Å². The summed E-state index contributed by atoms with van der Waals surface area (Å²) in [5, 5.41) is 23.5. The number of carbonyl (C=O) groups is 1. The van der Waals surface area contributed by atoms with Gasteiger partial charge in [-0.15, -0.1) is 0 Å². The molecule has 226 valence electrons. The molecule has 2 aromatic rings. The van der Waals surface area contributed by atoms with Crippen LogP contribution in [0, 0.1) is 0 Å². The highest BCUT2D eigenvalue weighted by molar-refractivity contribution is 7.46. The summed E-state index contributed by atoms with van der Waals surface area (Å²) in [5.41, 5.74) is 0.528. The van der Waals surface area contributed by atoms with Crippen LogP contribution >= 0.6 is 7.82 Å². The highest BCUT2D eigenvalue weighted by Crippen LogP contribution is 2.39. The van der Waals surface area contributed by atoms with E-state index >= 15 is 0 Å². The van der Waals surface area contributed by atoms with Crippen LogP contribution < -0.4 is 5.32 Å². The van der Waals surface area contributed by atoms with Crippen molar-refractivity contribution in [3.63, 3.8) is 0 Å². The first-order chi connectivity index (χ1) is 19.2. The van der Waals surface area contributed by atoms with Gasteiger partial charge in [0.2, 0.25) is 5.91 Å². The van der Waals surface area contributed by atoms with Crippen LogP contribution in [0.3, 0.4) is 0 Å². The zero-order valence-electron chi connectivity index (χ0n) is 23.2. The smallest absolute Gasteiger partial charge is 0.387 e. The van der Waals surface area contributed by atoms with E-state index in [1.807, 2.05) is 0 Å². The third kappa shape index (κ3) is 10.1. The highest BCUT2D eigenvalue weighted by Gasteiger charge is 2.45. The van der Waals surface area contributed by atoms with Gasteiger partial charge in [0.1, 0.15) is 24.6 Å². The molecule has 3 heterocycles. The molecule has 1 amide bonds. The fourth-order valence-corrected chi connectivity index (χ4v) is 5.24. The predicted molar refractivity (Wildman–Crippen MR) is 148 cm³/mol. The van der Waals surface area contributed by atoms with Gasteiger partial charge in [0.05, 0.1) is 12.9 Å². The number of hydrogen-bond donors (Lipinski definition) is 5. The summed E-state index contributed by atoms with van der Waals surface area (Å²) in [6.07, 6.45) is 13.7. The van der Waals surface area contributed by atoms with Crippen molar-refractivity contribution >= 4 is 30.7 Å². The van der Waals surface area contributed by atoms with Crippen molar-refractivity contribution < 1.29 is 38.6 Å². The number of aromatic nitrogens is 4.